The average molecular weight is 989 g/mol. The maximum Gasteiger partial charge on any atom is 0.261 e. The van der Waals surface area contributed by atoms with E-state index in [4.69, 9.17) is 11.6 Å². The van der Waals surface area contributed by atoms with Gasteiger partial charge in [0.05, 0.1) is 40.4 Å². The van der Waals surface area contributed by atoms with Crippen LogP contribution in [0.4, 0.5) is 22.7 Å². The molecular weight excluding hydrogens is 926 g/mol. The second-order valence-corrected chi connectivity index (χ2v) is 22.7. The Balaban J connectivity index is 0.842. The number of anilines is 4. The molecule has 0 aliphatic carbocycles. The third-order valence-electron chi connectivity index (χ3n) is 13.6. The third-order valence-corrected chi connectivity index (χ3v) is 16.4. The molecule has 362 valence electrons. The van der Waals surface area contributed by atoms with Gasteiger partial charge in [-0.3, -0.25) is 14.4 Å². The van der Waals surface area contributed by atoms with Crippen LogP contribution in [-0.2, 0) is 17.1 Å². The molecule has 1 aromatic heterocycles. The first-order chi connectivity index (χ1) is 32.9. The van der Waals surface area contributed by atoms with Crippen molar-refractivity contribution in [2.24, 2.45) is 7.05 Å². The van der Waals surface area contributed by atoms with Crippen molar-refractivity contribution in [1.29, 1.82) is 0 Å². The van der Waals surface area contributed by atoms with E-state index >= 15 is 0 Å². The number of carbonyl (C=O) groups is 1. The van der Waals surface area contributed by atoms with E-state index in [-0.39, 0.29) is 29.9 Å². The van der Waals surface area contributed by atoms with Crippen molar-refractivity contribution in [3.8, 4) is 22.4 Å². The van der Waals surface area contributed by atoms with Crippen molar-refractivity contribution < 1.29 is 23.4 Å². The van der Waals surface area contributed by atoms with E-state index in [0.29, 0.717) is 29.4 Å². The van der Waals surface area contributed by atoms with Gasteiger partial charge in [0.25, 0.3) is 15.9 Å². The van der Waals surface area contributed by atoms with Gasteiger partial charge in [0.15, 0.2) is 0 Å². The molecule has 69 heavy (non-hydrogen) atoms. The summed E-state index contributed by atoms with van der Waals surface area (Å²) in [6, 6.07) is 39.4. The number of β-amino-alcohol motifs (C(OH)–C–C–N with tert-alkyl or cyclic N) is 2. The van der Waals surface area contributed by atoms with Crippen molar-refractivity contribution in [3.63, 3.8) is 0 Å². The first kappa shape index (κ1) is 48.5. The maximum absolute atomic E-state index is 14.2. The van der Waals surface area contributed by atoms with Gasteiger partial charge in [-0.25, -0.2) is 8.42 Å². The van der Waals surface area contributed by atoms with Crippen LogP contribution in [0.25, 0.3) is 22.4 Å². The molecule has 0 saturated carbocycles. The fourth-order valence-electron chi connectivity index (χ4n) is 9.91. The molecular formula is C54H62ClN7O5S2. The van der Waals surface area contributed by atoms with Gasteiger partial charge in [-0.05, 0) is 130 Å². The van der Waals surface area contributed by atoms with Crippen LogP contribution < -0.4 is 19.8 Å². The molecule has 6 aromatic rings. The minimum absolute atomic E-state index is 0.0928. The molecule has 3 aliphatic heterocycles. The molecule has 3 aliphatic rings. The number of likely N-dealkylation sites (tertiary alicyclic amines) is 2. The number of sulfonamides is 1. The summed E-state index contributed by atoms with van der Waals surface area (Å²) in [4.78, 5) is 24.2. The van der Waals surface area contributed by atoms with E-state index in [1.807, 2.05) is 107 Å². The molecule has 0 unspecified atom stereocenters. The molecule has 15 heteroatoms. The number of carbonyl (C=O) groups excluding carboxylic acids is 1. The number of aliphatic hydroxyl groups is 2. The molecule has 4 heterocycles. The van der Waals surface area contributed by atoms with E-state index in [2.05, 4.69) is 59.6 Å². The third kappa shape index (κ3) is 11.0. The van der Waals surface area contributed by atoms with Gasteiger partial charge < -0.3 is 34.8 Å². The van der Waals surface area contributed by atoms with Crippen LogP contribution >= 0.6 is 23.4 Å². The summed E-state index contributed by atoms with van der Waals surface area (Å²) in [7, 11) is -1.87. The number of halogens is 1. The van der Waals surface area contributed by atoms with Crippen molar-refractivity contribution in [3.05, 3.63) is 143 Å². The molecule has 12 nitrogen and oxygen atoms in total. The van der Waals surface area contributed by atoms with Crippen LogP contribution in [0.15, 0.2) is 131 Å². The number of aryl methyl sites for hydroxylation is 1. The lowest BCUT2D eigenvalue weighted by Crippen LogP contribution is -2.61. The van der Waals surface area contributed by atoms with E-state index in [0.717, 1.165) is 95.6 Å². The van der Waals surface area contributed by atoms with Gasteiger partial charge >= 0.3 is 0 Å². The number of aromatic nitrogens is 1. The number of nitrogens with one attached hydrogen (secondary N) is 2. The molecule has 3 fully saturated rings. The average Bonchev–Trinajstić information content (AvgIpc) is 3.58. The number of amides is 1. The Kier molecular flexibility index (Phi) is 13.9. The zero-order chi connectivity index (χ0) is 48.7. The highest BCUT2D eigenvalue weighted by Crippen LogP contribution is 2.42. The number of thioether (sulfide) groups is 1. The Hall–Kier alpha value is -5.48. The Morgan fingerprint density at radius 2 is 1.42 bits per heavy atom. The molecule has 0 bridgehead atoms. The summed E-state index contributed by atoms with van der Waals surface area (Å²) in [5.41, 5.74) is 7.96. The number of hydrogen-bond acceptors (Lipinski definition) is 10. The van der Waals surface area contributed by atoms with Gasteiger partial charge in [0.1, 0.15) is 0 Å². The summed E-state index contributed by atoms with van der Waals surface area (Å²) in [6.45, 7) is 13.4. The van der Waals surface area contributed by atoms with Crippen molar-refractivity contribution in [2.45, 2.75) is 61.2 Å². The van der Waals surface area contributed by atoms with Gasteiger partial charge in [-0.15, -0.1) is 11.8 Å². The first-order valence-corrected chi connectivity index (χ1v) is 26.5. The second kappa shape index (κ2) is 19.7. The highest BCUT2D eigenvalue weighted by atomic mass is 35.5. The summed E-state index contributed by atoms with van der Waals surface area (Å²) >= 11 is 8.10. The molecule has 5 aromatic carbocycles. The minimum atomic E-state index is -3.86. The lowest BCUT2D eigenvalue weighted by Gasteiger charge is -2.44. The smallest absolute Gasteiger partial charge is 0.261 e. The molecule has 0 spiro atoms. The topological polar surface area (TPSA) is 134 Å². The fourth-order valence-corrected chi connectivity index (χ4v) is 12.2. The summed E-state index contributed by atoms with van der Waals surface area (Å²) in [5.74, 6) is 0.748. The highest BCUT2D eigenvalue weighted by Gasteiger charge is 2.42. The largest absolute Gasteiger partial charge is 0.388 e. The van der Waals surface area contributed by atoms with Crippen LogP contribution in [0.5, 0.6) is 0 Å². The van der Waals surface area contributed by atoms with Crippen LogP contribution in [0.1, 0.15) is 41.9 Å². The minimum Gasteiger partial charge on any atom is -0.388 e. The van der Waals surface area contributed by atoms with Gasteiger partial charge in [0, 0.05) is 109 Å². The van der Waals surface area contributed by atoms with Crippen LogP contribution in [0, 0.1) is 13.8 Å². The summed E-state index contributed by atoms with van der Waals surface area (Å²) in [5, 5.41) is 25.1. The first-order valence-electron chi connectivity index (χ1n) is 23.6. The summed E-state index contributed by atoms with van der Waals surface area (Å²) in [6.07, 6.45) is 0.884. The Bertz CT molecular complexity index is 2900. The Morgan fingerprint density at radius 1 is 0.768 bits per heavy atom. The zero-order valence-corrected chi connectivity index (χ0v) is 42.3. The molecule has 9 rings (SSSR count). The quantitative estimate of drug-likeness (QED) is 0.0697. The lowest BCUT2D eigenvalue weighted by atomic mass is 9.92. The van der Waals surface area contributed by atoms with E-state index in [1.54, 1.807) is 35.7 Å². The Labute approximate surface area is 415 Å². The van der Waals surface area contributed by atoms with Crippen molar-refractivity contribution >= 4 is 62.0 Å². The van der Waals surface area contributed by atoms with E-state index < -0.39 is 21.2 Å². The van der Waals surface area contributed by atoms with E-state index in [9.17, 15) is 23.4 Å². The number of piperazine rings is 1. The normalized spacial score (nSPS) is 17.2. The van der Waals surface area contributed by atoms with Gasteiger partial charge in [-0.1, -0.05) is 54.1 Å². The van der Waals surface area contributed by atoms with E-state index in [1.165, 1.54) is 4.90 Å². The number of nitrogens with zero attached hydrogens (tertiary/aromatic N) is 5. The number of hydrogen-bond donors (Lipinski definition) is 4. The second-order valence-electron chi connectivity index (χ2n) is 19.5. The number of rotatable bonds is 16. The van der Waals surface area contributed by atoms with Gasteiger partial charge in [-0.2, -0.15) is 0 Å². The summed E-state index contributed by atoms with van der Waals surface area (Å²) < 4.78 is 32.3. The van der Waals surface area contributed by atoms with Gasteiger partial charge in [0.2, 0.25) is 0 Å². The van der Waals surface area contributed by atoms with Crippen LogP contribution in [0.2, 0.25) is 5.02 Å². The van der Waals surface area contributed by atoms with Crippen molar-refractivity contribution in [2.75, 3.05) is 84.5 Å². The fraction of sp³-hybridized carbons (Fsp3) is 0.352. The molecule has 1 atom stereocenters. The molecule has 1 amide bonds. The van der Waals surface area contributed by atoms with Crippen molar-refractivity contribution in [1.82, 2.24) is 14.4 Å². The molecule has 3 saturated heterocycles. The maximum atomic E-state index is 14.2. The predicted molar refractivity (Wildman–Crippen MR) is 282 cm³/mol. The monoisotopic (exact) mass is 987 g/mol. The highest BCUT2D eigenvalue weighted by molar-refractivity contribution is 7.99. The standard InChI is InChI=1S/C54H62ClN7O5S2/c1-37-30-47(22-23-48(37)56-43(24-25-59-33-53(3,64)34-59)32-68-46-12-7-6-8-13-46)69(66,67)57-42-18-20-44(21-19-42)60-26-28-61(29-27-60)45-11-9-10-40(31-45)50-49(52(63)62-35-54(4,65)36-62)38(2)58(5)51(50)39-14-16-41(55)17-15-39/h6-23,30-31,43,56-57,64-65H,24-29,32-36H2,1-5H3/t43-/m1/s1. The lowest BCUT2D eigenvalue weighted by molar-refractivity contribution is -0.0834. The SMILES string of the molecule is Cc1cc(S(=O)(=O)Nc2ccc(N3CCN(c4cccc(-c5c(C(=O)N6CC(C)(O)C6)c(C)n(C)c5-c5ccc(Cl)cc5)c4)CC3)cc2)ccc1N[C@H](CCN1CC(C)(O)C1)CSc1ccccc1. The zero-order valence-electron chi connectivity index (χ0n) is 40.0. The van der Waals surface area contributed by atoms with Crippen LogP contribution in [-0.4, -0.2) is 121 Å². The number of benzene rings is 5. The molecule has 4 N–H and O–H groups in total. The van der Waals surface area contributed by atoms with Crippen LogP contribution in [0.3, 0.4) is 0 Å². The predicted octanol–water partition coefficient (Wildman–Crippen LogP) is 8.99. The molecule has 0 radical (unpaired) electrons. The Morgan fingerprint density at radius 3 is 2.06 bits per heavy atom.